The molecule has 1 atom stereocenters. The van der Waals surface area contributed by atoms with Crippen molar-refractivity contribution in [3.8, 4) is 0 Å². The number of nitrogens with zero attached hydrogens (tertiary/aromatic N) is 2. The highest BCUT2D eigenvalue weighted by Gasteiger charge is 2.29. The number of pyridine rings is 1. The first kappa shape index (κ1) is 14.4. The minimum Gasteiger partial charge on any atom is -0.312 e. The molecule has 112 valence electrons. The summed E-state index contributed by atoms with van der Waals surface area (Å²) in [5.41, 5.74) is 1.74. The molecule has 0 aliphatic carbocycles. The molecule has 3 rings (SSSR count). The average Bonchev–Trinajstić information content (AvgIpc) is 2.47. The fourth-order valence-electron chi connectivity index (χ4n) is 2.77. The van der Waals surface area contributed by atoms with E-state index >= 15 is 0 Å². The minimum atomic E-state index is -3.48. The van der Waals surface area contributed by atoms with Gasteiger partial charge in [0.1, 0.15) is 0 Å². The van der Waals surface area contributed by atoms with Crippen LogP contribution < -0.4 is 5.32 Å². The number of nitrogens with one attached hydrogen (secondary N) is 1. The SMILES string of the molecule is Cc1ccc(S(=O)(=O)N2CCN[C@H](C)C2)c2cccnc12. The Morgan fingerprint density at radius 1 is 1.33 bits per heavy atom. The summed E-state index contributed by atoms with van der Waals surface area (Å²) in [6.45, 7) is 5.62. The van der Waals surface area contributed by atoms with Crippen molar-refractivity contribution < 1.29 is 8.42 Å². The van der Waals surface area contributed by atoms with Gasteiger partial charge in [0, 0.05) is 37.3 Å². The van der Waals surface area contributed by atoms with Crippen LogP contribution >= 0.6 is 0 Å². The largest absolute Gasteiger partial charge is 0.312 e. The van der Waals surface area contributed by atoms with Crippen molar-refractivity contribution in [2.24, 2.45) is 0 Å². The molecule has 1 saturated heterocycles. The second-order valence-electron chi connectivity index (χ2n) is 5.50. The molecule has 0 spiro atoms. The Bertz CT molecular complexity index is 774. The zero-order chi connectivity index (χ0) is 15.0. The Morgan fingerprint density at radius 2 is 2.14 bits per heavy atom. The van der Waals surface area contributed by atoms with Crippen molar-refractivity contribution in [2.75, 3.05) is 19.6 Å². The summed E-state index contributed by atoms with van der Waals surface area (Å²) >= 11 is 0. The molecule has 1 aromatic carbocycles. The van der Waals surface area contributed by atoms with Crippen LogP contribution in [0.5, 0.6) is 0 Å². The van der Waals surface area contributed by atoms with Gasteiger partial charge < -0.3 is 5.32 Å². The Morgan fingerprint density at radius 3 is 2.90 bits per heavy atom. The molecule has 5 nitrogen and oxygen atoms in total. The number of benzene rings is 1. The fraction of sp³-hybridized carbons (Fsp3) is 0.400. The first-order valence-electron chi connectivity index (χ1n) is 7.08. The van der Waals surface area contributed by atoms with E-state index in [2.05, 4.69) is 10.3 Å². The maximum absolute atomic E-state index is 12.9. The summed E-state index contributed by atoms with van der Waals surface area (Å²) in [5.74, 6) is 0. The molecule has 0 radical (unpaired) electrons. The summed E-state index contributed by atoms with van der Waals surface area (Å²) in [4.78, 5) is 4.67. The van der Waals surface area contributed by atoms with E-state index in [-0.39, 0.29) is 6.04 Å². The maximum Gasteiger partial charge on any atom is 0.243 e. The molecule has 2 aromatic rings. The molecular formula is C15H19N3O2S. The molecule has 6 heteroatoms. The van der Waals surface area contributed by atoms with Gasteiger partial charge in [-0.1, -0.05) is 6.07 Å². The first-order chi connectivity index (χ1) is 10.00. The average molecular weight is 305 g/mol. The summed E-state index contributed by atoms with van der Waals surface area (Å²) in [7, 11) is -3.48. The van der Waals surface area contributed by atoms with Crippen molar-refractivity contribution in [1.29, 1.82) is 0 Å². The summed E-state index contributed by atoms with van der Waals surface area (Å²) in [6, 6.07) is 7.30. The Balaban J connectivity index is 2.13. The van der Waals surface area contributed by atoms with Gasteiger partial charge in [-0.25, -0.2) is 8.42 Å². The fourth-order valence-corrected chi connectivity index (χ4v) is 4.48. The zero-order valence-electron chi connectivity index (χ0n) is 12.2. The highest BCUT2D eigenvalue weighted by atomic mass is 32.2. The lowest BCUT2D eigenvalue weighted by atomic mass is 10.1. The molecule has 1 aliphatic heterocycles. The van der Waals surface area contributed by atoms with Crippen LogP contribution in [0, 0.1) is 6.92 Å². The van der Waals surface area contributed by atoms with E-state index in [0.717, 1.165) is 11.1 Å². The lowest BCUT2D eigenvalue weighted by Crippen LogP contribution is -2.51. The van der Waals surface area contributed by atoms with Crippen molar-refractivity contribution in [3.63, 3.8) is 0 Å². The van der Waals surface area contributed by atoms with Gasteiger partial charge in [0.05, 0.1) is 10.4 Å². The van der Waals surface area contributed by atoms with Gasteiger partial charge in [-0.15, -0.1) is 0 Å². The third-order valence-corrected chi connectivity index (χ3v) is 5.80. The second kappa shape index (κ2) is 5.36. The topological polar surface area (TPSA) is 62.3 Å². The van der Waals surface area contributed by atoms with E-state index in [1.54, 1.807) is 22.6 Å². The predicted molar refractivity (Wildman–Crippen MR) is 82.7 cm³/mol. The van der Waals surface area contributed by atoms with Gasteiger partial charge in [-0.2, -0.15) is 4.31 Å². The van der Waals surface area contributed by atoms with Gasteiger partial charge in [0.2, 0.25) is 10.0 Å². The maximum atomic E-state index is 12.9. The number of rotatable bonds is 2. The van der Waals surface area contributed by atoms with Gasteiger partial charge in [-0.3, -0.25) is 4.98 Å². The van der Waals surface area contributed by atoms with Crippen LogP contribution in [0.2, 0.25) is 0 Å². The van der Waals surface area contributed by atoms with Crippen molar-refractivity contribution in [3.05, 3.63) is 36.0 Å². The summed E-state index contributed by atoms with van der Waals surface area (Å²) < 4.78 is 27.4. The lowest BCUT2D eigenvalue weighted by molar-refractivity contribution is 0.310. The quantitative estimate of drug-likeness (QED) is 0.914. The Hall–Kier alpha value is -1.50. The van der Waals surface area contributed by atoms with Crippen LogP contribution in [0.25, 0.3) is 10.9 Å². The van der Waals surface area contributed by atoms with Crippen molar-refractivity contribution in [2.45, 2.75) is 24.8 Å². The second-order valence-corrected chi connectivity index (χ2v) is 7.40. The molecule has 1 aliphatic rings. The normalized spacial score (nSPS) is 20.8. The number of piperazine rings is 1. The van der Waals surface area contributed by atoms with E-state index in [1.807, 2.05) is 26.0 Å². The summed E-state index contributed by atoms with van der Waals surface area (Å²) in [5, 5.41) is 3.96. The van der Waals surface area contributed by atoms with E-state index in [9.17, 15) is 8.42 Å². The lowest BCUT2D eigenvalue weighted by Gasteiger charge is -2.31. The monoisotopic (exact) mass is 305 g/mol. The van der Waals surface area contributed by atoms with E-state index in [1.165, 1.54) is 0 Å². The highest BCUT2D eigenvalue weighted by Crippen LogP contribution is 2.27. The zero-order valence-corrected chi connectivity index (χ0v) is 13.0. The van der Waals surface area contributed by atoms with Gasteiger partial charge in [-0.05, 0) is 37.6 Å². The smallest absolute Gasteiger partial charge is 0.243 e. The molecule has 1 N–H and O–H groups in total. The van der Waals surface area contributed by atoms with Crippen LogP contribution in [0.3, 0.4) is 0 Å². The van der Waals surface area contributed by atoms with E-state index in [0.29, 0.717) is 29.9 Å². The van der Waals surface area contributed by atoms with Crippen LogP contribution in [0.4, 0.5) is 0 Å². The molecular weight excluding hydrogens is 286 g/mol. The number of fused-ring (bicyclic) bond motifs is 1. The predicted octanol–water partition coefficient (Wildman–Crippen LogP) is 1.53. The molecule has 0 bridgehead atoms. The van der Waals surface area contributed by atoms with Crippen LogP contribution in [-0.4, -0.2) is 43.4 Å². The van der Waals surface area contributed by atoms with Gasteiger partial charge >= 0.3 is 0 Å². The Kier molecular flexibility index (Phi) is 3.69. The molecule has 0 unspecified atom stereocenters. The molecule has 1 aromatic heterocycles. The minimum absolute atomic E-state index is 0.170. The third-order valence-electron chi connectivity index (χ3n) is 3.88. The summed E-state index contributed by atoms with van der Waals surface area (Å²) in [6.07, 6.45) is 1.69. The van der Waals surface area contributed by atoms with Gasteiger partial charge in [0.15, 0.2) is 0 Å². The van der Waals surface area contributed by atoms with Crippen molar-refractivity contribution in [1.82, 2.24) is 14.6 Å². The van der Waals surface area contributed by atoms with Crippen LogP contribution in [0.15, 0.2) is 35.4 Å². The van der Waals surface area contributed by atoms with Crippen LogP contribution in [0.1, 0.15) is 12.5 Å². The first-order valence-corrected chi connectivity index (χ1v) is 8.52. The van der Waals surface area contributed by atoms with E-state index < -0.39 is 10.0 Å². The van der Waals surface area contributed by atoms with Crippen molar-refractivity contribution >= 4 is 20.9 Å². The number of aryl methyl sites for hydroxylation is 1. The van der Waals surface area contributed by atoms with Gasteiger partial charge in [0.25, 0.3) is 0 Å². The van der Waals surface area contributed by atoms with E-state index in [4.69, 9.17) is 0 Å². The third kappa shape index (κ3) is 2.54. The number of aromatic nitrogens is 1. The molecule has 21 heavy (non-hydrogen) atoms. The molecule has 0 saturated carbocycles. The number of hydrogen-bond acceptors (Lipinski definition) is 4. The number of sulfonamides is 1. The number of hydrogen-bond donors (Lipinski definition) is 1. The molecule has 1 fully saturated rings. The Labute approximate surface area is 125 Å². The molecule has 2 heterocycles. The molecule has 0 amide bonds. The standard InChI is InChI=1S/C15H19N3O2S/c1-11-5-6-14(13-4-3-7-17-15(11)13)21(19,20)18-9-8-16-12(2)10-18/h3-7,12,16H,8-10H2,1-2H3/t12-/m1/s1. The van der Waals surface area contributed by atoms with Crippen LogP contribution in [-0.2, 0) is 10.0 Å². The highest BCUT2D eigenvalue weighted by molar-refractivity contribution is 7.89.